The van der Waals surface area contributed by atoms with E-state index in [4.69, 9.17) is 4.42 Å². The van der Waals surface area contributed by atoms with E-state index in [1.54, 1.807) is 35.4 Å². The van der Waals surface area contributed by atoms with E-state index in [0.717, 1.165) is 17.5 Å². The third-order valence-electron chi connectivity index (χ3n) is 4.27. The molecule has 3 heterocycles. The summed E-state index contributed by atoms with van der Waals surface area (Å²) < 4.78 is 5.49. The number of aromatic amines is 1. The Morgan fingerprint density at radius 2 is 2.21 bits per heavy atom. The summed E-state index contributed by atoms with van der Waals surface area (Å²) in [5.41, 5.74) is 2.78. The molecule has 1 aliphatic heterocycles. The summed E-state index contributed by atoms with van der Waals surface area (Å²) in [4.78, 5) is 14.6. The van der Waals surface area contributed by atoms with E-state index in [1.807, 2.05) is 19.1 Å². The highest BCUT2D eigenvalue weighted by atomic mass is 16.3. The first-order valence-electron chi connectivity index (χ1n) is 7.92. The van der Waals surface area contributed by atoms with Gasteiger partial charge in [0, 0.05) is 12.1 Å². The molecule has 0 bridgehead atoms. The van der Waals surface area contributed by atoms with E-state index in [-0.39, 0.29) is 17.7 Å². The second-order valence-corrected chi connectivity index (χ2v) is 5.83. The van der Waals surface area contributed by atoms with Gasteiger partial charge in [-0.3, -0.25) is 9.89 Å². The lowest BCUT2D eigenvalue weighted by Gasteiger charge is -2.25. The molecular formula is C18H17N3O3. The molecule has 2 aromatic heterocycles. The lowest BCUT2D eigenvalue weighted by molar-refractivity contribution is 0.0743. The molecule has 6 nitrogen and oxygen atoms in total. The van der Waals surface area contributed by atoms with Crippen LogP contribution in [-0.2, 0) is 0 Å². The minimum absolute atomic E-state index is 0.103. The van der Waals surface area contributed by atoms with Gasteiger partial charge in [-0.15, -0.1) is 0 Å². The van der Waals surface area contributed by atoms with Gasteiger partial charge >= 0.3 is 0 Å². The van der Waals surface area contributed by atoms with E-state index >= 15 is 0 Å². The summed E-state index contributed by atoms with van der Waals surface area (Å²) in [5, 5.41) is 17.0. The van der Waals surface area contributed by atoms with E-state index in [2.05, 4.69) is 10.2 Å². The summed E-state index contributed by atoms with van der Waals surface area (Å²) >= 11 is 0. The molecule has 0 radical (unpaired) electrons. The number of phenolic OH excluding ortho intramolecular Hbond substituents is 1. The first-order chi connectivity index (χ1) is 11.7. The molecule has 0 saturated carbocycles. The molecule has 0 fully saturated rings. The SMILES string of the molecule is CCCN1C(=O)c2n[nH]c(-c3ccco3)c2[C@H]1c1cccc(O)c1. The predicted octanol–water partition coefficient (Wildman–Crippen LogP) is 3.33. The first kappa shape index (κ1) is 14.6. The Balaban J connectivity index is 1.90. The van der Waals surface area contributed by atoms with Crippen LogP contribution in [-0.4, -0.2) is 32.7 Å². The van der Waals surface area contributed by atoms with E-state index < -0.39 is 0 Å². The normalized spacial score (nSPS) is 16.6. The maximum Gasteiger partial charge on any atom is 0.275 e. The molecule has 122 valence electrons. The molecule has 1 aromatic carbocycles. The minimum Gasteiger partial charge on any atom is -0.508 e. The van der Waals surface area contributed by atoms with Crippen LogP contribution < -0.4 is 0 Å². The average Bonchev–Trinajstić information content (AvgIpc) is 3.27. The largest absolute Gasteiger partial charge is 0.508 e. The molecule has 2 N–H and O–H groups in total. The number of nitrogens with one attached hydrogen (secondary N) is 1. The number of phenols is 1. The van der Waals surface area contributed by atoms with Crippen LogP contribution in [0.5, 0.6) is 5.75 Å². The number of aromatic hydroxyl groups is 1. The third-order valence-corrected chi connectivity index (χ3v) is 4.27. The molecule has 4 rings (SSSR count). The monoisotopic (exact) mass is 323 g/mol. The van der Waals surface area contributed by atoms with Crippen LogP contribution in [0.15, 0.2) is 47.1 Å². The zero-order valence-electron chi connectivity index (χ0n) is 13.2. The summed E-state index contributed by atoms with van der Waals surface area (Å²) in [6.07, 6.45) is 2.43. The minimum atomic E-state index is -0.293. The molecule has 0 aliphatic carbocycles. The highest BCUT2D eigenvalue weighted by Gasteiger charge is 2.42. The van der Waals surface area contributed by atoms with Crippen molar-refractivity contribution in [1.29, 1.82) is 0 Å². The zero-order chi connectivity index (χ0) is 16.7. The third kappa shape index (κ3) is 2.11. The van der Waals surface area contributed by atoms with Gasteiger partial charge in [-0.25, -0.2) is 0 Å². The van der Waals surface area contributed by atoms with Crippen LogP contribution >= 0.6 is 0 Å². The highest BCUT2D eigenvalue weighted by molar-refractivity contribution is 5.99. The van der Waals surface area contributed by atoms with Crippen molar-refractivity contribution < 1.29 is 14.3 Å². The lowest BCUT2D eigenvalue weighted by Crippen LogP contribution is -2.30. The van der Waals surface area contributed by atoms with Crippen LogP contribution in [0.1, 0.15) is 41.0 Å². The lowest BCUT2D eigenvalue weighted by atomic mass is 9.98. The summed E-state index contributed by atoms with van der Waals surface area (Å²) in [6, 6.07) is 10.3. The molecule has 24 heavy (non-hydrogen) atoms. The molecule has 0 saturated heterocycles. The number of rotatable bonds is 4. The number of furan rings is 1. The number of benzene rings is 1. The van der Waals surface area contributed by atoms with Gasteiger partial charge in [-0.2, -0.15) is 5.10 Å². The van der Waals surface area contributed by atoms with Gasteiger partial charge in [0.05, 0.1) is 12.3 Å². The fourth-order valence-electron chi connectivity index (χ4n) is 3.31. The first-order valence-corrected chi connectivity index (χ1v) is 7.92. The quantitative estimate of drug-likeness (QED) is 0.771. The number of carbonyl (C=O) groups excluding carboxylic acids is 1. The molecule has 1 atom stereocenters. The number of hydrogen-bond donors (Lipinski definition) is 2. The van der Waals surface area contributed by atoms with Crippen LogP contribution in [0.4, 0.5) is 0 Å². The maximum atomic E-state index is 12.8. The van der Waals surface area contributed by atoms with Crippen molar-refractivity contribution in [2.75, 3.05) is 6.54 Å². The second-order valence-electron chi connectivity index (χ2n) is 5.83. The smallest absolute Gasteiger partial charge is 0.275 e. The number of amides is 1. The van der Waals surface area contributed by atoms with Crippen LogP contribution in [0, 0.1) is 0 Å². The Morgan fingerprint density at radius 1 is 1.33 bits per heavy atom. The maximum absolute atomic E-state index is 12.8. The molecule has 0 unspecified atom stereocenters. The fraction of sp³-hybridized carbons (Fsp3) is 0.222. The fourth-order valence-corrected chi connectivity index (χ4v) is 3.31. The van der Waals surface area contributed by atoms with Crippen LogP contribution in [0.2, 0.25) is 0 Å². The van der Waals surface area contributed by atoms with E-state index in [9.17, 15) is 9.90 Å². The number of hydrogen-bond acceptors (Lipinski definition) is 4. The number of carbonyl (C=O) groups is 1. The summed E-state index contributed by atoms with van der Waals surface area (Å²) in [7, 11) is 0. The highest BCUT2D eigenvalue weighted by Crippen LogP contribution is 2.43. The predicted molar refractivity (Wildman–Crippen MR) is 87.6 cm³/mol. The van der Waals surface area contributed by atoms with Gasteiger partial charge in [0.2, 0.25) is 0 Å². The van der Waals surface area contributed by atoms with Crippen molar-refractivity contribution in [2.24, 2.45) is 0 Å². The van der Waals surface area contributed by atoms with E-state index in [0.29, 0.717) is 23.7 Å². The second kappa shape index (κ2) is 5.56. The average molecular weight is 323 g/mol. The van der Waals surface area contributed by atoms with Gasteiger partial charge < -0.3 is 14.4 Å². The standard InChI is InChI=1S/C18H17N3O3/c1-2-8-21-17(11-5-3-6-12(22)10-11)14-15(13-7-4-9-24-13)19-20-16(14)18(21)23/h3-7,9-10,17,22H,2,8H2,1H3,(H,19,20)/t17-/m1/s1. The van der Waals surface area contributed by atoms with Gasteiger partial charge in [-0.1, -0.05) is 19.1 Å². The Morgan fingerprint density at radius 3 is 2.92 bits per heavy atom. The molecule has 6 heteroatoms. The Bertz CT molecular complexity index is 883. The Labute approximate surface area is 138 Å². The Hall–Kier alpha value is -3.02. The van der Waals surface area contributed by atoms with Gasteiger partial charge in [0.15, 0.2) is 11.5 Å². The van der Waals surface area contributed by atoms with Gasteiger partial charge in [0.25, 0.3) is 5.91 Å². The van der Waals surface area contributed by atoms with Crippen molar-refractivity contribution in [1.82, 2.24) is 15.1 Å². The van der Waals surface area contributed by atoms with Gasteiger partial charge in [0.1, 0.15) is 11.4 Å². The molecule has 1 amide bonds. The van der Waals surface area contributed by atoms with Crippen molar-refractivity contribution in [3.63, 3.8) is 0 Å². The van der Waals surface area contributed by atoms with Crippen molar-refractivity contribution in [2.45, 2.75) is 19.4 Å². The van der Waals surface area contributed by atoms with Crippen molar-refractivity contribution >= 4 is 5.91 Å². The van der Waals surface area contributed by atoms with E-state index in [1.165, 1.54) is 0 Å². The number of nitrogens with zero attached hydrogens (tertiary/aromatic N) is 2. The van der Waals surface area contributed by atoms with Gasteiger partial charge in [-0.05, 0) is 36.2 Å². The zero-order valence-corrected chi connectivity index (χ0v) is 13.2. The Kier molecular flexibility index (Phi) is 3.37. The molecule has 0 spiro atoms. The summed E-state index contributed by atoms with van der Waals surface area (Å²) in [5.74, 6) is 0.710. The number of H-pyrrole nitrogens is 1. The summed E-state index contributed by atoms with van der Waals surface area (Å²) in [6.45, 7) is 2.65. The van der Waals surface area contributed by atoms with Crippen molar-refractivity contribution in [3.8, 4) is 17.2 Å². The molecule has 1 aliphatic rings. The molecular weight excluding hydrogens is 306 g/mol. The molecule has 3 aromatic rings. The number of fused-ring (bicyclic) bond motifs is 1. The van der Waals surface area contributed by atoms with Crippen LogP contribution in [0.3, 0.4) is 0 Å². The van der Waals surface area contributed by atoms with Crippen LogP contribution in [0.25, 0.3) is 11.5 Å². The van der Waals surface area contributed by atoms with Crippen molar-refractivity contribution in [3.05, 3.63) is 59.5 Å². The number of aromatic nitrogens is 2. The topological polar surface area (TPSA) is 82.4 Å².